The fourth-order valence-electron chi connectivity index (χ4n) is 7.87. The van der Waals surface area contributed by atoms with E-state index in [1.807, 2.05) is 0 Å². The fraction of sp³-hybridized carbons (Fsp3) is 0.714. The van der Waals surface area contributed by atoms with Gasteiger partial charge in [-0.1, -0.05) is 6.42 Å². The minimum atomic E-state index is 0.437. The lowest BCUT2D eigenvalue weighted by molar-refractivity contribution is 0.224. The number of likely N-dealkylation sites (tertiary alicyclic amines) is 1. The van der Waals surface area contributed by atoms with Crippen LogP contribution < -0.4 is 15.1 Å². The van der Waals surface area contributed by atoms with E-state index in [4.69, 9.17) is 9.98 Å². The molecule has 0 bridgehead atoms. The third-order valence-electron chi connectivity index (χ3n) is 10.4. The highest BCUT2D eigenvalue weighted by Gasteiger charge is 2.26. The Labute approximate surface area is 255 Å². The number of aliphatic imine (C=N–C) groups is 2. The molecule has 6 rings (SSSR count). The van der Waals surface area contributed by atoms with Crippen LogP contribution in [0.5, 0.6) is 0 Å². The summed E-state index contributed by atoms with van der Waals surface area (Å²) in [5.74, 6) is 1.80. The van der Waals surface area contributed by atoms with E-state index in [2.05, 4.69) is 63.6 Å². The van der Waals surface area contributed by atoms with Crippen LogP contribution >= 0.6 is 0 Å². The van der Waals surface area contributed by atoms with Gasteiger partial charge in [0.15, 0.2) is 5.96 Å². The Morgan fingerprint density at radius 2 is 1.64 bits per heavy atom. The molecule has 230 valence electrons. The number of guanidine groups is 1. The molecule has 0 unspecified atom stereocenters. The molecule has 4 heterocycles. The van der Waals surface area contributed by atoms with Crippen molar-refractivity contribution in [1.82, 2.24) is 15.1 Å². The van der Waals surface area contributed by atoms with E-state index >= 15 is 0 Å². The van der Waals surface area contributed by atoms with E-state index < -0.39 is 0 Å². The van der Waals surface area contributed by atoms with Crippen LogP contribution in [0.2, 0.25) is 0 Å². The first kappa shape index (κ1) is 29.5. The molecule has 1 saturated carbocycles. The summed E-state index contributed by atoms with van der Waals surface area (Å²) in [6, 6.07) is 5.28. The summed E-state index contributed by atoms with van der Waals surface area (Å²) in [4.78, 5) is 20.1. The molecule has 4 aliphatic heterocycles. The number of hydrogen-bond donors (Lipinski definition) is 1. The standard InChI is InChI=1S/C35H55N7/c1-39-22-16-36-33-25-32(42-20-8-4-9-21-42)24-30(34(33)39)23-28-12-14-31(15-13-28)38-35-37-26-29(27-40(35)2)11-5-10-19-41-17-6-3-7-18-41/h16,24-26,28,31H,3-15,17-23,27H2,1-2H3,(H,37,38). The summed E-state index contributed by atoms with van der Waals surface area (Å²) in [5.41, 5.74) is 6.94. The maximum atomic E-state index is 5.21. The van der Waals surface area contributed by atoms with Gasteiger partial charge >= 0.3 is 0 Å². The second-order valence-electron chi connectivity index (χ2n) is 13.7. The minimum absolute atomic E-state index is 0.437. The van der Waals surface area contributed by atoms with Crippen LogP contribution in [-0.2, 0) is 6.42 Å². The van der Waals surface area contributed by atoms with E-state index in [9.17, 15) is 0 Å². The SMILES string of the molecule is CN1CC(CCCCN2CCCCC2)=CNC1=NC1CCC(Cc2cc(N3CCCCC3)cc3c2N(C)CC=N3)CC1. The van der Waals surface area contributed by atoms with Crippen molar-refractivity contribution in [1.29, 1.82) is 0 Å². The predicted octanol–water partition coefficient (Wildman–Crippen LogP) is 6.36. The summed E-state index contributed by atoms with van der Waals surface area (Å²) >= 11 is 0. The smallest absolute Gasteiger partial charge is 0.198 e. The van der Waals surface area contributed by atoms with Crippen LogP contribution in [-0.4, -0.2) is 87.9 Å². The maximum Gasteiger partial charge on any atom is 0.198 e. The van der Waals surface area contributed by atoms with Crippen molar-refractivity contribution in [2.45, 2.75) is 95.9 Å². The highest BCUT2D eigenvalue weighted by molar-refractivity contribution is 5.86. The van der Waals surface area contributed by atoms with Crippen LogP contribution in [0.3, 0.4) is 0 Å². The largest absolute Gasteiger partial charge is 0.371 e. The monoisotopic (exact) mass is 573 g/mol. The number of anilines is 2. The van der Waals surface area contributed by atoms with Crippen molar-refractivity contribution in [3.63, 3.8) is 0 Å². The van der Waals surface area contributed by atoms with Gasteiger partial charge in [-0.25, -0.2) is 4.99 Å². The van der Waals surface area contributed by atoms with E-state index in [0.29, 0.717) is 6.04 Å². The molecular formula is C35H55N7. The van der Waals surface area contributed by atoms with Crippen molar-refractivity contribution in [2.24, 2.45) is 15.9 Å². The van der Waals surface area contributed by atoms with Crippen molar-refractivity contribution in [2.75, 3.05) is 69.7 Å². The summed E-state index contributed by atoms with van der Waals surface area (Å²) in [6.07, 6.45) is 22.4. The number of likely N-dealkylation sites (N-methyl/N-ethyl adjacent to an activating group) is 1. The molecule has 1 aromatic carbocycles. The number of unbranched alkanes of at least 4 members (excludes halogenated alkanes) is 1. The van der Waals surface area contributed by atoms with Gasteiger partial charge in [-0.3, -0.25) is 4.99 Å². The summed E-state index contributed by atoms with van der Waals surface area (Å²) in [7, 11) is 4.43. The summed E-state index contributed by atoms with van der Waals surface area (Å²) < 4.78 is 0. The first-order valence-corrected chi connectivity index (χ1v) is 17.2. The number of nitrogens with one attached hydrogen (secondary N) is 1. The molecule has 0 spiro atoms. The van der Waals surface area contributed by atoms with E-state index in [1.165, 1.54) is 144 Å². The lowest BCUT2D eigenvalue weighted by Crippen LogP contribution is -2.42. The molecule has 7 heteroatoms. The van der Waals surface area contributed by atoms with Gasteiger partial charge in [-0.2, -0.15) is 0 Å². The Bertz CT molecular complexity index is 1120. The van der Waals surface area contributed by atoms with Crippen LogP contribution in [0.1, 0.15) is 89.0 Å². The van der Waals surface area contributed by atoms with Crippen molar-refractivity contribution >= 4 is 29.2 Å². The van der Waals surface area contributed by atoms with Crippen molar-refractivity contribution in [3.8, 4) is 0 Å². The van der Waals surface area contributed by atoms with Crippen LogP contribution in [0.4, 0.5) is 17.1 Å². The summed E-state index contributed by atoms with van der Waals surface area (Å²) in [5, 5.41) is 3.56. The second kappa shape index (κ2) is 14.3. The zero-order valence-corrected chi connectivity index (χ0v) is 26.5. The fourth-order valence-corrected chi connectivity index (χ4v) is 7.87. The van der Waals surface area contributed by atoms with Crippen LogP contribution in [0.15, 0.2) is 33.9 Å². The molecule has 0 radical (unpaired) electrons. The molecular weight excluding hydrogens is 518 g/mol. The Kier molecular flexibility index (Phi) is 10.0. The molecule has 7 nitrogen and oxygen atoms in total. The van der Waals surface area contributed by atoms with Gasteiger partial charge in [0.25, 0.3) is 0 Å². The van der Waals surface area contributed by atoms with Crippen LogP contribution in [0.25, 0.3) is 0 Å². The highest BCUT2D eigenvalue weighted by Crippen LogP contribution is 2.41. The molecule has 1 aromatic rings. The number of fused-ring (bicyclic) bond motifs is 1. The molecule has 42 heavy (non-hydrogen) atoms. The first-order valence-electron chi connectivity index (χ1n) is 17.2. The number of hydrogen-bond acceptors (Lipinski definition) is 5. The molecule has 5 aliphatic rings. The number of rotatable bonds is 9. The third-order valence-corrected chi connectivity index (χ3v) is 10.4. The number of nitrogens with zero attached hydrogens (tertiary/aromatic N) is 6. The maximum absolute atomic E-state index is 5.21. The number of benzene rings is 1. The minimum Gasteiger partial charge on any atom is -0.371 e. The van der Waals surface area contributed by atoms with Crippen molar-refractivity contribution in [3.05, 3.63) is 29.5 Å². The molecule has 3 fully saturated rings. The molecule has 0 aromatic heterocycles. The molecule has 2 saturated heterocycles. The van der Waals surface area contributed by atoms with Crippen LogP contribution in [0, 0.1) is 5.92 Å². The Balaban J connectivity index is 1.00. The lowest BCUT2D eigenvalue weighted by atomic mass is 9.82. The van der Waals surface area contributed by atoms with Gasteiger partial charge in [0.2, 0.25) is 0 Å². The second-order valence-corrected chi connectivity index (χ2v) is 13.7. The van der Waals surface area contributed by atoms with E-state index in [-0.39, 0.29) is 0 Å². The molecule has 0 amide bonds. The average molecular weight is 574 g/mol. The predicted molar refractivity (Wildman–Crippen MR) is 179 cm³/mol. The normalized spacial score (nSPS) is 26.3. The quantitative estimate of drug-likeness (QED) is 0.349. The lowest BCUT2D eigenvalue weighted by Gasteiger charge is -2.34. The van der Waals surface area contributed by atoms with Gasteiger partial charge in [0.1, 0.15) is 0 Å². The Hall–Kier alpha value is -2.54. The zero-order valence-electron chi connectivity index (χ0n) is 26.5. The van der Waals surface area contributed by atoms with Gasteiger partial charge < -0.3 is 24.9 Å². The zero-order chi connectivity index (χ0) is 28.7. The average Bonchev–Trinajstić information content (AvgIpc) is 3.02. The Morgan fingerprint density at radius 3 is 2.40 bits per heavy atom. The topological polar surface area (TPSA) is 49.7 Å². The molecule has 0 atom stereocenters. The van der Waals surface area contributed by atoms with Gasteiger partial charge in [0, 0.05) is 51.8 Å². The third kappa shape index (κ3) is 7.50. The van der Waals surface area contributed by atoms with Crippen molar-refractivity contribution < 1.29 is 0 Å². The van der Waals surface area contributed by atoms with E-state index in [1.54, 1.807) is 0 Å². The van der Waals surface area contributed by atoms with Gasteiger partial charge in [-0.05, 0) is 132 Å². The highest BCUT2D eigenvalue weighted by atomic mass is 15.3. The molecule has 1 N–H and O–H groups in total. The number of piperidine rings is 2. The van der Waals surface area contributed by atoms with Gasteiger partial charge in [0.05, 0.1) is 24.0 Å². The summed E-state index contributed by atoms with van der Waals surface area (Å²) in [6.45, 7) is 8.19. The Morgan fingerprint density at radius 1 is 0.881 bits per heavy atom. The van der Waals surface area contributed by atoms with E-state index in [0.717, 1.165) is 31.4 Å². The first-order chi connectivity index (χ1) is 20.6. The van der Waals surface area contributed by atoms with Gasteiger partial charge in [-0.15, -0.1) is 0 Å². The molecule has 1 aliphatic carbocycles.